The van der Waals surface area contributed by atoms with E-state index >= 15 is 0 Å². The molecule has 3 N–H and O–H groups in total. The van der Waals surface area contributed by atoms with Gasteiger partial charge in [0.25, 0.3) is 5.91 Å². The maximum Gasteiger partial charge on any atom is 0.253 e. The standard InChI is InChI=1S/C18H22N2O2/c1-12(2)22-15-8-6-7-14(11-15)13(3)20-18(21)16-9-4-5-10-17(16)19/h4-13H,19H2,1-3H3,(H,20,21). The number of nitrogen functional groups attached to an aromatic ring is 1. The molecule has 22 heavy (non-hydrogen) atoms. The van der Waals surface area contributed by atoms with Crippen molar-refractivity contribution in [2.24, 2.45) is 0 Å². The molecule has 2 rings (SSSR count). The van der Waals surface area contributed by atoms with E-state index in [4.69, 9.17) is 10.5 Å². The Hall–Kier alpha value is -2.49. The Morgan fingerprint density at radius 3 is 2.50 bits per heavy atom. The number of nitrogens with two attached hydrogens (primary N) is 1. The van der Waals surface area contributed by atoms with Gasteiger partial charge in [0.05, 0.1) is 17.7 Å². The molecule has 0 aliphatic heterocycles. The highest BCUT2D eigenvalue weighted by atomic mass is 16.5. The summed E-state index contributed by atoms with van der Waals surface area (Å²) >= 11 is 0. The minimum absolute atomic E-state index is 0.115. The third-order valence-corrected chi connectivity index (χ3v) is 3.28. The second-order valence-corrected chi connectivity index (χ2v) is 5.52. The summed E-state index contributed by atoms with van der Waals surface area (Å²) in [4.78, 5) is 12.3. The maximum absolute atomic E-state index is 12.3. The summed E-state index contributed by atoms with van der Waals surface area (Å²) in [7, 11) is 0. The predicted octanol–water partition coefficient (Wildman–Crippen LogP) is 3.55. The molecular weight excluding hydrogens is 276 g/mol. The molecule has 0 radical (unpaired) electrons. The number of carbonyl (C=O) groups is 1. The smallest absolute Gasteiger partial charge is 0.253 e. The number of hydrogen-bond acceptors (Lipinski definition) is 3. The first kappa shape index (κ1) is 15.9. The van der Waals surface area contributed by atoms with Gasteiger partial charge in [0.1, 0.15) is 5.75 Å². The molecule has 116 valence electrons. The third kappa shape index (κ3) is 4.01. The topological polar surface area (TPSA) is 64.3 Å². The molecule has 0 heterocycles. The van der Waals surface area contributed by atoms with Gasteiger partial charge in [-0.25, -0.2) is 0 Å². The summed E-state index contributed by atoms with van der Waals surface area (Å²) in [5.41, 5.74) is 7.79. The van der Waals surface area contributed by atoms with E-state index in [0.717, 1.165) is 11.3 Å². The van der Waals surface area contributed by atoms with Gasteiger partial charge in [-0.2, -0.15) is 0 Å². The van der Waals surface area contributed by atoms with Crippen LogP contribution in [-0.2, 0) is 0 Å². The van der Waals surface area contributed by atoms with Crippen LogP contribution in [0.4, 0.5) is 5.69 Å². The molecule has 1 unspecified atom stereocenters. The van der Waals surface area contributed by atoms with Gasteiger partial charge in [-0.3, -0.25) is 4.79 Å². The quantitative estimate of drug-likeness (QED) is 0.830. The Morgan fingerprint density at radius 1 is 1.09 bits per heavy atom. The number of rotatable bonds is 5. The Kier molecular flexibility index (Phi) is 5.04. The fourth-order valence-electron chi connectivity index (χ4n) is 2.19. The van der Waals surface area contributed by atoms with Crippen LogP contribution in [0.2, 0.25) is 0 Å². The highest BCUT2D eigenvalue weighted by Gasteiger charge is 2.14. The first-order valence-corrected chi connectivity index (χ1v) is 7.39. The second kappa shape index (κ2) is 6.98. The van der Waals surface area contributed by atoms with Crippen molar-refractivity contribution in [2.45, 2.75) is 32.9 Å². The van der Waals surface area contributed by atoms with Crippen molar-refractivity contribution < 1.29 is 9.53 Å². The van der Waals surface area contributed by atoms with Gasteiger partial charge in [0.15, 0.2) is 0 Å². The molecule has 0 spiro atoms. The zero-order chi connectivity index (χ0) is 16.1. The molecule has 0 aliphatic carbocycles. The van der Waals surface area contributed by atoms with Crippen molar-refractivity contribution >= 4 is 11.6 Å². The number of nitrogens with one attached hydrogen (secondary N) is 1. The van der Waals surface area contributed by atoms with E-state index in [1.165, 1.54) is 0 Å². The highest BCUT2D eigenvalue weighted by Crippen LogP contribution is 2.21. The molecule has 0 aromatic heterocycles. The van der Waals surface area contributed by atoms with Crippen LogP contribution in [0, 0.1) is 0 Å². The Morgan fingerprint density at radius 2 is 1.82 bits per heavy atom. The zero-order valence-electron chi connectivity index (χ0n) is 13.2. The SMILES string of the molecule is CC(C)Oc1cccc(C(C)NC(=O)c2ccccc2N)c1. The van der Waals surface area contributed by atoms with E-state index in [0.29, 0.717) is 11.3 Å². The van der Waals surface area contributed by atoms with Gasteiger partial charge in [0, 0.05) is 5.69 Å². The summed E-state index contributed by atoms with van der Waals surface area (Å²) < 4.78 is 5.68. The lowest BCUT2D eigenvalue weighted by Crippen LogP contribution is -2.27. The monoisotopic (exact) mass is 298 g/mol. The lowest BCUT2D eigenvalue weighted by molar-refractivity contribution is 0.0940. The fraction of sp³-hybridized carbons (Fsp3) is 0.278. The minimum Gasteiger partial charge on any atom is -0.491 e. The summed E-state index contributed by atoms with van der Waals surface area (Å²) in [6.45, 7) is 5.90. The predicted molar refractivity (Wildman–Crippen MR) is 88.9 cm³/mol. The van der Waals surface area contributed by atoms with E-state index in [1.807, 2.05) is 51.1 Å². The number of ether oxygens (including phenoxy) is 1. The number of amides is 1. The van der Waals surface area contributed by atoms with Gasteiger partial charge in [0.2, 0.25) is 0 Å². The number of hydrogen-bond donors (Lipinski definition) is 2. The fourth-order valence-corrected chi connectivity index (χ4v) is 2.19. The molecule has 0 bridgehead atoms. The number of anilines is 1. The molecule has 0 fully saturated rings. The van der Waals surface area contributed by atoms with Crippen LogP contribution in [-0.4, -0.2) is 12.0 Å². The van der Waals surface area contributed by atoms with Crippen molar-refractivity contribution in [3.63, 3.8) is 0 Å². The number of benzene rings is 2. The molecule has 0 saturated carbocycles. The average Bonchev–Trinajstić information content (AvgIpc) is 2.47. The lowest BCUT2D eigenvalue weighted by atomic mass is 10.1. The lowest BCUT2D eigenvalue weighted by Gasteiger charge is -2.17. The van der Waals surface area contributed by atoms with Crippen LogP contribution in [0.1, 0.15) is 42.7 Å². The summed E-state index contributed by atoms with van der Waals surface area (Å²) in [5.74, 6) is 0.619. The van der Waals surface area contributed by atoms with Gasteiger partial charge in [-0.05, 0) is 50.6 Å². The molecule has 2 aromatic carbocycles. The summed E-state index contributed by atoms with van der Waals surface area (Å²) in [6.07, 6.45) is 0.115. The summed E-state index contributed by atoms with van der Waals surface area (Å²) in [5, 5.41) is 2.96. The van der Waals surface area contributed by atoms with E-state index in [2.05, 4.69) is 5.32 Å². The van der Waals surface area contributed by atoms with Crippen molar-refractivity contribution in [3.8, 4) is 5.75 Å². The maximum atomic E-state index is 12.3. The van der Waals surface area contributed by atoms with Gasteiger partial charge in [-0.15, -0.1) is 0 Å². The number of para-hydroxylation sites is 1. The van der Waals surface area contributed by atoms with Crippen molar-refractivity contribution in [1.82, 2.24) is 5.32 Å². The van der Waals surface area contributed by atoms with Crippen LogP contribution in [0.15, 0.2) is 48.5 Å². The third-order valence-electron chi connectivity index (χ3n) is 3.28. The van der Waals surface area contributed by atoms with Crippen LogP contribution >= 0.6 is 0 Å². The molecule has 2 aromatic rings. The minimum atomic E-state index is -0.180. The largest absolute Gasteiger partial charge is 0.491 e. The van der Waals surface area contributed by atoms with Crippen LogP contribution in [0.25, 0.3) is 0 Å². The second-order valence-electron chi connectivity index (χ2n) is 5.52. The van der Waals surface area contributed by atoms with Crippen molar-refractivity contribution in [3.05, 3.63) is 59.7 Å². The number of carbonyl (C=O) groups excluding carboxylic acids is 1. The molecule has 1 atom stereocenters. The Bertz CT molecular complexity index is 653. The molecule has 0 saturated heterocycles. The van der Waals surface area contributed by atoms with E-state index in [1.54, 1.807) is 18.2 Å². The van der Waals surface area contributed by atoms with E-state index in [9.17, 15) is 4.79 Å². The summed E-state index contributed by atoms with van der Waals surface area (Å²) in [6, 6.07) is 14.6. The molecule has 1 amide bonds. The molecule has 4 heteroatoms. The first-order valence-electron chi connectivity index (χ1n) is 7.39. The van der Waals surface area contributed by atoms with Gasteiger partial charge in [-0.1, -0.05) is 24.3 Å². The zero-order valence-corrected chi connectivity index (χ0v) is 13.2. The molecule has 0 aliphatic rings. The van der Waals surface area contributed by atoms with Crippen molar-refractivity contribution in [2.75, 3.05) is 5.73 Å². The highest BCUT2D eigenvalue weighted by molar-refractivity contribution is 5.99. The van der Waals surface area contributed by atoms with Gasteiger partial charge >= 0.3 is 0 Å². The first-order chi connectivity index (χ1) is 10.5. The normalized spacial score (nSPS) is 12.0. The van der Waals surface area contributed by atoms with E-state index < -0.39 is 0 Å². The Balaban J connectivity index is 2.10. The van der Waals surface area contributed by atoms with Crippen LogP contribution in [0.3, 0.4) is 0 Å². The van der Waals surface area contributed by atoms with Crippen LogP contribution < -0.4 is 15.8 Å². The van der Waals surface area contributed by atoms with Crippen LogP contribution in [0.5, 0.6) is 5.75 Å². The Labute approximate surface area is 131 Å². The molecular formula is C18H22N2O2. The molecule has 4 nitrogen and oxygen atoms in total. The average molecular weight is 298 g/mol. The van der Waals surface area contributed by atoms with Gasteiger partial charge < -0.3 is 15.8 Å². The van der Waals surface area contributed by atoms with E-state index in [-0.39, 0.29) is 18.1 Å². The van der Waals surface area contributed by atoms with Crippen molar-refractivity contribution in [1.29, 1.82) is 0 Å².